The zero-order valence-corrected chi connectivity index (χ0v) is 17.0. The van der Waals surface area contributed by atoms with Crippen LogP contribution < -0.4 is 10.9 Å². The van der Waals surface area contributed by atoms with E-state index in [0.29, 0.717) is 42.6 Å². The molecule has 1 aliphatic heterocycles. The first-order chi connectivity index (χ1) is 13.0. The number of carbonyl (C=O) groups is 2. The predicted octanol–water partition coefficient (Wildman–Crippen LogP) is 1.27. The van der Waals surface area contributed by atoms with Crippen LogP contribution in [0.25, 0.3) is 10.2 Å². The Hall–Kier alpha value is -1.94. The van der Waals surface area contributed by atoms with E-state index < -0.39 is 6.04 Å². The number of nitrogens with one attached hydrogen (secondary N) is 1. The third-order valence-electron chi connectivity index (χ3n) is 4.70. The summed E-state index contributed by atoms with van der Waals surface area (Å²) in [6.07, 6.45) is 3.88. The van der Waals surface area contributed by atoms with Crippen LogP contribution in [0.15, 0.2) is 16.2 Å². The number of aromatic nitrogens is 3. The Morgan fingerprint density at radius 2 is 2.15 bits per heavy atom. The Morgan fingerprint density at radius 1 is 1.41 bits per heavy atom. The number of piperidine rings is 1. The quantitative estimate of drug-likeness (QED) is 0.772. The molecule has 2 aromatic heterocycles. The number of likely N-dealkylation sites (tertiary alicyclic amines) is 1. The average molecular weight is 410 g/mol. The third-order valence-corrected chi connectivity index (χ3v) is 6.24. The van der Waals surface area contributed by atoms with Gasteiger partial charge in [-0.3, -0.25) is 14.4 Å². The summed E-state index contributed by atoms with van der Waals surface area (Å²) in [5, 5.41) is 12.8. The lowest BCUT2D eigenvalue weighted by Crippen LogP contribution is -2.51. The van der Waals surface area contributed by atoms with E-state index in [9.17, 15) is 14.4 Å². The van der Waals surface area contributed by atoms with Gasteiger partial charge in [-0.1, -0.05) is 5.21 Å². The lowest BCUT2D eigenvalue weighted by molar-refractivity contribution is -0.137. The van der Waals surface area contributed by atoms with E-state index in [2.05, 4.69) is 15.6 Å². The summed E-state index contributed by atoms with van der Waals surface area (Å²) in [4.78, 5) is 38.6. The highest BCUT2D eigenvalue weighted by Gasteiger charge is 2.30. The summed E-state index contributed by atoms with van der Waals surface area (Å²) in [5.41, 5.74) is 0.511. The fourth-order valence-corrected chi connectivity index (χ4v) is 4.54. The van der Waals surface area contributed by atoms with Gasteiger partial charge in [0.1, 0.15) is 16.3 Å². The van der Waals surface area contributed by atoms with Crippen molar-refractivity contribution in [2.24, 2.45) is 0 Å². The maximum atomic E-state index is 12.8. The number of carbonyl (C=O) groups excluding carboxylic acids is 2. The first-order valence-corrected chi connectivity index (χ1v) is 11.2. The number of rotatable bonds is 6. The summed E-state index contributed by atoms with van der Waals surface area (Å²) in [5.74, 6) is 0.555. The molecular weight excluding hydrogens is 386 g/mol. The van der Waals surface area contributed by atoms with Crippen molar-refractivity contribution in [2.75, 3.05) is 25.1 Å². The summed E-state index contributed by atoms with van der Waals surface area (Å²) in [6.45, 7) is 2.50. The maximum absolute atomic E-state index is 12.8. The van der Waals surface area contributed by atoms with Gasteiger partial charge < -0.3 is 10.2 Å². The number of thiophene rings is 1. The standard InChI is InChI=1S/C17H23N5O3S2/c1-11(23)18-14(5-9-26-2)16(24)21-7-3-12(4-8-21)22-17(25)15-13(19-20-22)6-10-27-15/h6,10,12,14H,3-5,7-9H2,1-2H3,(H,18,23)/t14-/m1/s1. The predicted molar refractivity (Wildman–Crippen MR) is 107 cm³/mol. The SMILES string of the molecule is CSCC[C@@H](NC(C)=O)C(=O)N1CCC(n2nnc3ccsc3c2=O)CC1. The summed E-state index contributed by atoms with van der Waals surface area (Å²) in [7, 11) is 0. The van der Waals surface area contributed by atoms with Crippen molar-refractivity contribution in [1.82, 2.24) is 25.2 Å². The second-order valence-electron chi connectivity index (χ2n) is 6.57. The fraction of sp³-hybridized carbons (Fsp3) is 0.588. The number of nitrogens with zero attached hydrogens (tertiary/aromatic N) is 4. The van der Waals surface area contributed by atoms with Crippen LogP contribution in [0.1, 0.15) is 32.2 Å². The van der Waals surface area contributed by atoms with Crippen LogP contribution in [0.2, 0.25) is 0 Å². The molecule has 0 aliphatic carbocycles. The van der Waals surface area contributed by atoms with Gasteiger partial charge in [0.25, 0.3) is 5.56 Å². The minimum absolute atomic E-state index is 0.0511. The van der Waals surface area contributed by atoms with Crippen LogP contribution in [0.5, 0.6) is 0 Å². The Balaban J connectivity index is 1.66. The molecule has 1 aliphatic rings. The Kier molecular flexibility index (Phi) is 6.48. The molecule has 0 bridgehead atoms. The molecule has 0 unspecified atom stereocenters. The van der Waals surface area contributed by atoms with Crippen molar-refractivity contribution in [2.45, 2.75) is 38.3 Å². The van der Waals surface area contributed by atoms with Gasteiger partial charge in [0.15, 0.2) is 0 Å². The molecule has 0 saturated carbocycles. The number of fused-ring (bicyclic) bond motifs is 1. The molecule has 0 spiro atoms. The molecule has 1 atom stereocenters. The molecule has 3 rings (SSSR count). The molecule has 1 saturated heterocycles. The van der Waals surface area contributed by atoms with Crippen LogP contribution in [-0.4, -0.2) is 62.8 Å². The second-order valence-corrected chi connectivity index (χ2v) is 8.47. The molecule has 0 radical (unpaired) electrons. The van der Waals surface area contributed by atoms with Gasteiger partial charge in [-0.05, 0) is 42.7 Å². The van der Waals surface area contributed by atoms with Gasteiger partial charge in [-0.2, -0.15) is 11.8 Å². The van der Waals surface area contributed by atoms with Crippen molar-refractivity contribution in [3.63, 3.8) is 0 Å². The molecule has 0 aromatic carbocycles. The van der Waals surface area contributed by atoms with Crippen LogP contribution in [0.3, 0.4) is 0 Å². The van der Waals surface area contributed by atoms with Crippen molar-refractivity contribution in [3.05, 3.63) is 21.8 Å². The Bertz CT molecular complexity index is 873. The van der Waals surface area contributed by atoms with E-state index in [1.807, 2.05) is 11.6 Å². The molecule has 8 nitrogen and oxygen atoms in total. The maximum Gasteiger partial charge on any atom is 0.287 e. The van der Waals surface area contributed by atoms with Gasteiger partial charge in [0.05, 0.1) is 6.04 Å². The molecule has 27 heavy (non-hydrogen) atoms. The van der Waals surface area contributed by atoms with E-state index in [1.54, 1.807) is 22.7 Å². The van der Waals surface area contributed by atoms with Crippen molar-refractivity contribution in [3.8, 4) is 0 Å². The van der Waals surface area contributed by atoms with Crippen LogP contribution >= 0.6 is 23.1 Å². The van der Waals surface area contributed by atoms with E-state index in [-0.39, 0.29) is 23.4 Å². The molecule has 3 heterocycles. The molecule has 146 valence electrons. The smallest absolute Gasteiger partial charge is 0.287 e. The minimum atomic E-state index is -0.489. The summed E-state index contributed by atoms with van der Waals surface area (Å²) >= 11 is 3.02. The van der Waals surface area contributed by atoms with Gasteiger partial charge in [0.2, 0.25) is 11.8 Å². The van der Waals surface area contributed by atoms with Crippen LogP contribution in [-0.2, 0) is 9.59 Å². The number of amides is 2. The van der Waals surface area contributed by atoms with Crippen molar-refractivity contribution >= 4 is 45.1 Å². The molecule has 2 aromatic rings. The van der Waals surface area contributed by atoms with Gasteiger partial charge in [0, 0.05) is 20.0 Å². The van der Waals surface area contributed by atoms with Crippen LogP contribution in [0, 0.1) is 0 Å². The molecule has 2 amide bonds. The fourth-order valence-electron chi connectivity index (χ4n) is 3.31. The molecular formula is C17H23N5O3S2. The highest BCUT2D eigenvalue weighted by molar-refractivity contribution is 7.98. The number of hydrogen-bond acceptors (Lipinski definition) is 7. The van der Waals surface area contributed by atoms with Crippen LogP contribution in [0.4, 0.5) is 0 Å². The largest absolute Gasteiger partial charge is 0.345 e. The van der Waals surface area contributed by atoms with Gasteiger partial charge >= 0.3 is 0 Å². The molecule has 1 N–H and O–H groups in total. The number of thioether (sulfide) groups is 1. The zero-order valence-electron chi connectivity index (χ0n) is 15.4. The first kappa shape index (κ1) is 19.8. The highest BCUT2D eigenvalue weighted by atomic mass is 32.2. The van der Waals surface area contributed by atoms with E-state index in [1.165, 1.54) is 22.9 Å². The normalized spacial score (nSPS) is 16.4. The van der Waals surface area contributed by atoms with Crippen molar-refractivity contribution < 1.29 is 9.59 Å². The van der Waals surface area contributed by atoms with E-state index >= 15 is 0 Å². The van der Waals surface area contributed by atoms with Gasteiger partial charge in [-0.15, -0.1) is 16.4 Å². The van der Waals surface area contributed by atoms with Gasteiger partial charge in [-0.25, -0.2) is 4.68 Å². The second kappa shape index (κ2) is 8.83. The molecule has 1 fully saturated rings. The monoisotopic (exact) mass is 409 g/mol. The average Bonchev–Trinajstić information content (AvgIpc) is 3.14. The summed E-state index contributed by atoms with van der Waals surface area (Å²) in [6, 6.07) is 1.24. The Labute approximate surface area is 165 Å². The van der Waals surface area contributed by atoms with E-state index in [0.717, 1.165) is 5.75 Å². The topological polar surface area (TPSA) is 97.2 Å². The highest BCUT2D eigenvalue weighted by Crippen LogP contribution is 2.22. The van der Waals surface area contributed by atoms with E-state index in [4.69, 9.17) is 0 Å². The lowest BCUT2D eigenvalue weighted by Gasteiger charge is -2.34. The third kappa shape index (κ3) is 4.49. The molecule has 10 heteroatoms. The number of hydrogen-bond donors (Lipinski definition) is 1. The zero-order chi connectivity index (χ0) is 19.4. The minimum Gasteiger partial charge on any atom is -0.345 e. The first-order valence-electron chi connectivity index (χ1n) is 8.88. The van der Waals surface area contributed by atoms with Crippen molar-refractivity contribution in [1.29, 1.82) is 0 Å². The summed E-state index contributed by atoms with van der Waals surface area (Å²) < 4.78 is 2.07. The Morgan fingerprint density at radius 3 is 2.81 bits per heavy atom. The lowest BCUT2D eigenvalue weighted by atomic mass is 10.0.